The number of ketones is 1. The van der Waals surface area contributed by atoms with Gasteiger partial charge < -0.3 is 14.8 Å². The molecule has 0 aliphatic heterocycles. The Kier molecular flexibility index (Phi) is 6.73. The molecule has 31 heavy (non-hydrogen) atoms. The van der Waals surface area contributed by atoms with Crippen LogP contribution in [0.1, 0.15) is 33.3 Å². The van der Waals surface area contributed by atoms with Crippen LogP contribution in [0.5, 0.6) is 11.5 Å². The summed E-state index contributed by atoms with van der Waals surface area (Å²) in [6, 6.07) is 14.1. The number of carbonyl (C=O) groups excluding carboxylic acids is 2. The van der Waals surface area contributed by atoms with Crippen LogP contribution < -0.4 is 14.8 Å². The first-order valence-corrected chi connectivity index (χ1v) is 9.57. The Bertz CT molecular complexity index is 1170. The lowest BCUT2D eigenvalue weighted by Crippen LogP contribution is -2.25. The van der Waals surface area contributed by atoms with Crippen molar-refractivity contribution in [2.45, 2.75) is 6.92 Å². The van der Waals surface area contributed by atoms with Crippen LogP contribution in [0.15, 0.2) is 48.5 Å². The van der Waals surface area contributed by atoms with Gasteiger partial charge in [-0.25, -0.2) is 0 Å². The molecule has 1 amide bonds. The molecule has 1 aromatic heterocycles. The van der Waals surface area contributed by atoms with Gasteiger partial charge in [0.05, 0.1) is 26.5 Å². The summed E-state index contributed by atoms with van der Waals surface area (Å²) in [5.41, 5.74) is 3.13. The molecule has 0 aliphatic carbocycles. The minimum absolute atomic E-state index is 0.00823. The van der Waals surface area contributed by atoms with Crippen LogP contribution >= 0.6 is 0 Å². The number of nitrogens with one attached hydrogen (secondary N) is 1. The van der Waals surface area contributed by atoms with Crippen molar-refractivity contribution in [1.82, 2.24) is 15.1 Å². The van der Waals surface area contributed by atoms with Gasteiger partial charge >= 0.3 is 0 Å². The minimum Gasteiger partial charge on any atom is -0.497 e. The van der Waals surface area contributed by atoms with E-state index in [2.05, 4.69) is 22.3 Å². The van der Waals surface area contributed by atoms with Crippen molar-refractivity contribution < 1.29 is 19.1 Å². The van der Waals surface area contributed by atoms with Gasteiger partial charge in [0.25, 0.3) is 5.91 Å². The van der Waals surface area contributed by atoms with Crippen molar-refractivity contribution in [2.75, 3.05) is 20.8 Å². The third kappa shape index (κ3) is 5.11. The van der Waals surface area contributed by atoms with Crippen LogP contribution in [0.2, 0.25) is 0 Å². The Labute approximate surface area is 181 Å². The SMILES string of the molecule is COc1ccc(OC)c(-c2cc(C(=O)NCC#Cc3ccc(C(C)=O)cc3)n(C)n2)c1. The number of hydrogen-bond acceptors (Lipinski definition) is 5. The molecule has 0 saturated heterocycles. The molecule has 2 aromatic carbocycles. The fraction of sp³-hybridized carbons (Fsp3) is 0.208. The Balaban J connectivity index is 1.70. The summed E-state index contributed by atoms with van der Waals surface area (Å²) in [5, 5.41) is 7.21. The Morgan fingerprint density at radius 3 is 2.45 bits per heavy atom. The maximum absolute atomic E-state index is 12.6. The largest absolute Gasteiger partial charge is 0.497 e. The summed E-state index contributed by atoms with van der Waals surface area (Å²) < 4.78 is 12.2. The lowest BCUT2D eigenvalue weighted by atomic mass is 10.1. The predicted octanol–water partition coefficient (Wildman–Crippen LogP) is 3.09. The molecule has 0 fully saturated rings. The van der Waals surface area contributed by atoms with Gasteiger partial charge in [-0.1, -0.05) is 24.0 Å². The first kappa shape index (κ1) is 21.7. The number of benzene rings is 2. The highest BCUT2D eigenvalue weighted by molar-refractivity contribution is 5.94. The average Bonchev–Trinajstić information content (AvgIpc) is 3.18. The Morgan fingerprint density at radius 2 is 1.81 bits per heavy atom. The van der Waals surface area contributed by atoms with Crippen molar-refractivity contribution in [1.29, 1.82) is 0 Å². The molecule has 7 heteroatoms. The number of nitrogens with zero attached hydrogens (tertiary/aromatic N) is 2. The van der Waals surface area contributed by atoms with Crippen molar-refractivity contribution >= 4 is 11.7 Å². The van der Waals surface area contributed by atoms with Crippen LogP contribution in [0, 0.1) is 11.8 Å². The highest BCUT2D eigenvalue weighted by atomic mass is 16.5. The molecule has 7 nitrogen and oxygen atoms in total. The minimum atomic E-state index is -0.288. The second-order valence-electron chi connectivity index (χ2n) is 6.72. The first-order valence-electron chi connectivity index (χ1n) is 9.57. The highest BCUT2D eigenvalue weighted by Crippen LogP contribution is 2.32. The van der Waals surface area contributed by atoms with Gasteiger partial charge in [-0.05, 0) is 43.3 Å². The number of rotatable bonds is 6. The molecule has 0 aliphatic rings. The van der Waals surface area contributed by atoms with Gasteiger partial charge in [-0.2, -0.15) is 5.10 Å². The van der Waals surface area contributed by atoms with Crippen molar-refractivity contribution in [3.8, 4) is 34.6 Å². The Hall–Kier alpha value is -4.05. The van der Waals surface area contributed by atoms with Crippen LogP contribution in [0.25, 0.3) is 11.3 Å². The molecule has 158 valence electrons. The normalized spacial score (nSPS) is 10.1. The van der Waals surface area contributed by atoms with Crippen LogP contribution in [-0.4, -0.2) is 42.2 Å². The Morgan fingerprint density at radius 1 is 1.06 bits per heavy atom. The number of aromatic nitrogens is 2. The number of methoxy groups -OCH3 is 2. The number of hydrogen-bond donors (Lipinski definition) is 1. The van der Waals surface area contributed by atoms with Gasteiger partial charge in [0.1, 0.15) is 17.2 Å². The quantitative estimate of drug-likeness (QED) is 0.492. The highest BCUT2D eigenvalue weighted by Gasteiger charge is 2.17. The number of aryl methyl sites for hydroxylation is 1. The van der Waals surface area contributed by atoms with Gasteiger partial charge in [-0.3, -0.25) is 14.3 Å². The second kappa shape index (κ2) is 9.63. The number of ether oxygens (including phenoxy) is 2. The molecule has 3 rings (SSSR count). The molecule has 0 unspecified atom stereocenters. The van der Waals surface area contributed by atoms with Crippen LogP contribution in [-0.2, 0) is 7.05 Å². The molecule has 0 spiro atoms. The van der Waals surface area contributed by atoms with Crippen molar-refractivity contribution in [3.63, 3.8) is 0 Å². The standard InChI is InChI=1S/C24H23N3O4/c1-16(28)18-9-7-17(8-10-18)6-5-13-25-24(29)22-15-21(26-27(22)2)20-14-19(30-3)11-12-23(20)31-4/h7-12,14-15H,13H2,1-4H3,(H,25,29). The molecule has 0 atom stereocenters. The smallest absolute Gasteiger partial charge is 0.270 e. The molecule has 0 radical (unpaired) electrons. The molecule has 1 heterocycles. The molecule has 0 saturated carbocycles. The predicted molar refractivity (Wildman–Crippen MR) is 117 cm³/mol. The maximum Gasteiger partial charge on any atom is 0.270 e. The lowest BCUT2D eigenvalue weighted by molar-refractivity contribution is 0.0948. The first-order chi connectivity index (χ1) is 14.9. The second-order valence-corrected chi connectivity index (χ2v) is 6.72. The summed E-state index contributed by atoms with van der Waals surface area (Å²) in [6.07, 6.45) is 0. The third-order valence-corrected chi connectivity index (χ3v) is 4.66. The van der Waals surface area contributed by atoms with E-state index < -0.39 is 0 Å². The molecular formula is C24H23N3O4. The molecular weight excluding hydrogens is 394 g/mol. The summed E-state index contributed by atoms with van der Waals surface area (Å²) in [4.78, 5) is 23.9. The summed E-state index contributed by atoms with van der Waals surface area (Å²) >= 11 is 0. The van der Waals surface area contributed by atoms with Crippen LogP contribution in [0.3, 0.4) is 0 Å². The van der Waals surface area contributed by atoms with E-state index in [-0.39, 0.29) is 18.2 Å². The van der Waals surface area contributed by atoms with E-state index in [1.54, 1.807) is 63.7 Å². The summed E-state index contributed by atoms with van der Waals surface area (Å²) in [5.74, 6) is 6.89. The number of carbonyl (C=O) groups is 2. The monoisotopic (exact) mass is 417 g/mol. The van der Waals surface area contributed by atoms with E-state index >= 15 is 0 Å². The zero-order valence-electron chi connectivity index (χ0n) is 17.9. The molecule has 0 bridgehead atoms. The summed E-state index contributed by atoms with van der Waals surface area (Å²) in [6.45, 7) is 1.70. The van der Waals surface area contributed by atoms with Gasteiger partial charge in [-0.15, -0.1) is 0 Å². The molecule has 1 N–H and O–H groups in total. The van der Waals surface area contributed by atoms with Gasteiger partial charge in [0.15, 0.2) is 5.78 Å². The number of Topliss-reactive ketones (excluding diaryl/α,β-unsaturated/α-hetero) is 1. The topological polar surface area (TPSA) is 82.5 Å². The van der Waals surface area contributed by atoms with E-state index in [1.807, 2.05) is 6.07 Å². The van der Waals surface area contributed by atoms with Gasteiger partial charge in [0, 0.05) is 23.7 Å². The van der Waals surface area contributed by atoms with E-state index in [0.717, 1.165) is 11.1 Å². The van der Waals surface area contributed by atoms with E-state index in [4.69, 9.17) is 9.47 Å². The fourth-order valence-electron chi connectivity index (χ4n) is 2.98. The van der Waals surface area contributed by atoms with Crippen molar-refractivity contribution in [3.05, 3.63) is 65.4 Å². The molecule has 3 aromatic rings. The lowest BCUT2D eigenvalue weighted by Gasteiger charge is -2.08. The average molecular weight is 417 g/mol. The van der Waals surface area contributed by atoms with Crippen molar-refractivity contribution in [2.24, 2.45) is 7.05 Å². The van der Waals surface area contributed by atoms with Gasteiger partial charge in [0.2, 0.25) is 0 Å². The zero-order chi connectivity index (χ0) is 22.4. The fourth-order valence-corrected chi connectivity index (χ4v) is 2.98. The van der Waals surface area contributed by atoms with E-state index in [0.29, 0.717) is 28.5 Å². The number of amides is 1. The van der Waals surface area contributed by atoms with Crippen LogP contribution in [0.4, 0.5) is 0 Å². The summed E-state index contributed by atoms with van der Waals surface area (Å²) in [7, 11) is 4.86. The van der Waals surface area contributed by atoms with E-state index in [1.165, 1.54) is 11.6 Å². The zero-order valence-corrected chi connectivity index (χ0v) is 17.9. The van der Waals surface area contributed by atoms with E-state index in [9.17, 15) is 9.59 Å². The maximum atomic E-state index is 12.6. The third-order valence-electron chi connectivity index (χ3n) is 4.66.